The van der Waals surface area contributed by atoms with Gasteiger partial charge in [0.05, 0.1) is 5.56 Å². The van der Waals surface area contributed by atoms with Crippen LogP contribution in [0.3, 0.4) is 0 Å². The highest BCUT2D eigenvalue weighted by molar-refractivity contribution is 14.1. The molecule has 1 fully saturated rings. The van der Waals surface area contributed by atoms with E-state index in [-0.39, 0.29) is 12.1 Å². The molecule has 4 heteroatoms. The Labute approximate surface area is 150 Å². The summed E-state index contributed by atoms with van der Waals surface area (Å²) in [5.74, 6) is -0.204. The molecule has 0 unspecified atom stereocenters. The van der Waals surface area contributed by atoms with E-state index in [1.54, 1.807) is 0 Å². The molecule has 2 aromatic rings. The Morgan fingerprint density at radius 3 is 2.52 bits per heavy atom. The van der Waals surface area contributed by atoms with E-state index in [1.165, 1.54) is 5.56 Å². The number of likely N-dealkylation sites (tertiary alicyclic amines) is 1. The van der Waals surface area contributed by atoms with Gasteiger partial charge in [-0.15, -0.1) is 0 Å². The number of carbonyl (C=O) groups is 1. The topological polar surface area (TPSA) is 29.5 Å². The summed E-state index contributed by atoms with van der Waals surface area (Å²) >= 11 is 2.21. The van der Waals surface area contributed by atoms with Crippen molar-refractivity contribution in [2.75, 3.05) is 13.1 Å². The second-order valence-electron chi connectivity index (χ2n) is 5.88. The number of hydrogen-bond donors (Lipinski definition) is 0. The largest absolute Gasteiger partial charge is 0.459 e. The highest BCUT2D eigenvalue weighted by Gasteiger charge is 2.22. The van der Waals surface area contributed by atoms with Crippen LogP contribution in [0.2, 0.25) is 0 Å². The molecule has 0 radical (unpaired) electrons. The zero-order valence-electron chi connectivity index (χ0n) is 13.0. The van der Waals surface area contributed by atoms with Crippen molar-refractivity contribution < 1.29 is 9.53 Å². The minimum absolute atomic E-state index is 0.0346. The van der Waals surface area contributed by atoms with Gasteiger partial charge in [0.2, 0.25) is 0 Å². The fourth-order valence-electron chi connectivity index (χ4n) is 2.86. The molecule has 1 aliphatic heterocycles. The van der Waals surface area contributed by atoms with Gasteiger partial charge in [0.25, 0.3) is 0 Å². The van der Waals surface area contributed by atoms with Crippen LogP contribution in [0.25, 0.3) is 0 Å². The summed E-state index contributed by atoms with van der Waals surface area (Å²) in [6.07, 6.45) is 1.85. The van der Waals surface area contributed by atoms with E-state index in [0.29, 0.717) is 5.56 Å². The third-order valence-corrected chi connectivity index (χ3v) is 4.79. The number of halogens is 1. The quantitative estimate of drug-likeness (QED) is 0.550. The molecule has 1 heterocycles. The fraction of sp³-hybridized carbons (Fsp3) is 0.316. The summed E-state index contributed by atoms with van der Waals surface area (Å²) in [6.45, 7) is 2.91. The minimum atomic E-state index is -0.204. The van der Waals surface area contributed by atoms with Crippen LogP contribution in [0.15, 0.2) is 54.6 Å². The van der Waals surface area contributed by atoms with Crippen molar-refractivity contribution in [2.45, 2.75) is 25.5 Å². The van der Waals surface area contributed by atoms with E-state index in [2.05, 4.69) is 51.8 Å². The maximum atomic E-state index is 12.2. The van der Waals surface area contributed by atoms with Gasteiger partial charge in [-0.05, 0) is 59.2 Å². The number of hydrogen-bond acceptors (Lipinski definition) is 3. The Kier molecular flexibility index (Phi) is 5.67. The molecule has 0 bridgehead atoms. The van der Waals surface area contributed by atoms with Crippen molar-refractivity contribution in [1.29, 1.82) is 0 Å². The van der Waals surface area contributed by atoms with E-state index >= 15 is 0 Å². The molecule has 2 aromatic carbocycles. The standard InChI is InChI=1S/C19H20INO2/c20-17-8-4-7-16(13-17)19(22)23-18-9-11-21(12-10-18)14-15-5-2-1-3-6-15/h1-8,13,18H,9-12,14H2. The number of ether oxygens (including phenoxy) is 1. The van der Waals surface area contributed by atoms with Gasteiger partial charge in [-0.1, -0.05) is 36.4 Å². The molecule has 0 N–H and O–H groups in total. The van der Waals surface area contributed by atoms with Crippen molar-refractivity contribution >= 4 is 28.6 Å². The summed E-state index contributed by atoms with van der Waals surface area (Å²) in [6, 6.07) is 18.0. The van der Waals surface area contributed by atoms with Crippen molar-refractivity contribution in [1.82, 2.24) is 4.90 Å². The van der Waals surface area contributed by atoms with Crippen molar-refractivity contribution in [3.63, 3.8) is 0 Å². The fourth-order valence-corrected chi connectivity index (χ4v) is 3.40. The zero-order chi connectivity index (χ0) is 16.1. The third-order valence-electron chi connectivity index (χ3n) is 4.12. The van der Waals surface area contributed by atoms with E-state index in [4.69, 9.17) is 4.74 Å². The first-order valence-electron chi connectivity index (χ1n) is 7.93. The predicted octanol–water partition coefficient (Wildman–Crippen LogP) is 4.11. The van der Waals surface area contributed by atoms with Gasteiger partial charge in [0.15, 0.2) is 0 Å². The molecule has 0 amide bonds. The molecule has 1 aliphatic rings. The average molecular weight is 421 g/mol. The maximum absolute atomic E-state index is 12.2. The zero-order valence-corrected chi connectivity index (χ0v) is 15.1. The number of benzene rings is 2. The lowest BCUT2D eigenvalue weighted by Crippen LogP contribution is -2.37. The van der Waals surface area contributed by atoms with Crippen LogP contribution >= 0.6 is 22.6 Å². The average Bonchev–Trinajstić information content (AvgIpc) is 2.57. The van der Waals surface area contributed by atoms with Crippen LogP contribution in [-0.2, 0) is 11.3 Å². The van der Waals surface area contributed by atoms with Crippen LogP contribution in [0.4, 0.5) is 0 Å². The first-order chi connectivity index (χ1) is 11.2. The number of esters is 1. The molecule has 0 atom stereocenters. The smallest absolute Gasteiger partial charge is 0.338 e. The van der Waals surface area contributed by atoms with Crippen LogP contribution in [0.5, 0.6) is 0 Å². The molecule has 120 valence electrons. The van der Waals surface area contributed by atoms with E-state index in [1.807, 2.05) is 30.3 Å². The lowest BCUT2D eigenvalue weighted by molar-refractivity contribution is 0.0104. The van der Waals surface area contributed by atoms with Gasteiger partial charge >= 0.3 is 5.97 Å². The molecular weight excluding hydrogens is 401 g/mol. The molecule has 0 spiro atoms. The van der Waals surface area contributed by atoms with Crippen LogP contribution < -0.4 is 0 Å². The molecule has 3 nitrogen and oxygen atoms in total. The lowest BCUT2D eigenvalue weighted by Gasteiger charge is -2.31. The minimum Gasteiger partial charge on any atom is -0.459 e. The monoisotopic (exact) mass is 421 g/mol. The highest BCUT2D eigenvalue weighted by atomic mass is 127. The number of piperidine rings is 1. The summed E-state index contributed by atoms with van der Waals surface area (Å²) in [7, 11) is 0. The van der Waals surface area contributed by atoms with Gasteiger partial charge in [-0.25, -0.2) is 4.79 Å². The normalized spacial score (nSPS) is 16.2. The van der Waals surface area contributed by atoms with Crippen LogP contribution in [0, 0.1) is 3.57 Å². The summed E-state index contributed by atoms with van der Waals surface area (Å²) in [4.78, 5) is 14.6. The molecule has 0 aliphatic carbocycles. The highest BCUT2D eigenvalue weighted by Crippen LogP contribution is 2.18. The predicted molar refractivity (Wildman–Crippen MR) is 99.3 cm³/mol. The Morgan fingerprint density at radius 2 is 1.83 bits per heavy atom. The number of nitrogens with zero attached hydrogens (tertiary/aromatic N) is 1. The summed E-state index contributed by atoms with van der Waals surface area (Å²) < 4.78 is 6.71. The first kappa shape index (κ1) is 16.5. The van der Waals surface area contributed by atoms with Crippen molar-refractivity contribution in [3.05, 3.63) is 69.3 Å². The van der Waals surface area contributed by atoms with Gasteiger partial charge in [0, 0.05) is 23.2 Å². The Bertz CT molecular complexity index is 651. The molecule has 23 heavy (non-hydrogen) atoms. The van der Waals surface area contributed by atoms with E-state index < -0.39 is 0 Å². The second-order valence-corrected chi connectivity index (χ2v) is 7.12. The molecule has 1 saturated heterocycles. The summed E-state index contributed by atoms with van der Waals surface area (Å²) in [5, 5.41) is 0. The summed E-state index contributed by atoms with van der Waals surface area (Å²) in [5.41, 5.74) is 1.98. The molecule has 0 aromatic heterocycles. The number of rotatable bonds is 4. The molecule has 0 saturated carbocycles. The van der Waals surface area contributed by atoms with E-state index in [0.717, 1.165) is 36.0 Å². The SMILES string of the molecule is O=C(OC1CCN(Cc2ccccc2)CC1)c1cccc(I)c1. The Balaban J connectivity index is 1.48. The van der Waals surface area contributed by atoms with Gasteiger partial charge in [0.1, 0.15) is 6.10 Å². The Morgan fingerprint density at radius 1 is 1.09 bits per heavy atom. The van der Waals surface area contributed by atoms with E-state index in [9.17, 15) is 4.79 Å². The third kappa shape index (κ3) is 4.78. The van der Waals surface area contributed by atoms with Crippen LogP contribution in [0.1, 0.15) is 28.8 Å². The van der Waals surface area contributed by atoms with Gasteiger partial charge < -0.3 is 4.74 Å². The van der Waals surface area contributed by atoms with Gasteiger partial charge in [-0.3, -0.25) is 4.90 Å². The van der Waals surface area contributed by atoms with Crippen molar-refractivity contribution in [3.8, 4) is 0 Å². The molecular formula is C19H20INO2. The van der Waals surface area contributed by atoms with Crippen LogP contribution in [-0.4, -0.2) is 30.1 Å². The number of carbonyl (C=O) groups excluding carboxylic acids is 1. The Hall–Kier alpha value is -1.40. The first-order valence-corrected chi connectivity index (χ1v) is 9.01. The maximum Gasteiger partial charge on any atom is 0.338 e. The van der Waals surface area contributed by atoms with Crippen molar-refractivity contribution in [2.24, 2.45) is 0 Å². The van der Waals surface area contributed by atoms with Gasteiger partial charge in [-0.2, -0.15) is 0 Å². The second kappa shape index (κ2) is 7.93. The molecule has 3 rings (SSSR count). The lowest BCUT2D eigenvalue weighted by atomic mass is 10.1.